The van der Waals surface area contributed by atoms with Crippen LogP contribution < -0.4 is 5.32 Å². The van der Waals surface area contributed by atoms with Crippen LogP contribution in [-0.4, -0.2) is 43.6 Å². The van der Waals surface area contributed by atoms with E-state index < -0.39 is 15.9 Å². The molecule has 3 aromatic rings. The van der Waals surface area contributed by atoms with E-state index in [0.717, 1.165) is 23.7 Å². The van der Waals surface area contributed by atoms with Gasteiger partial charge in [0.1, 0.15) is 16.7 Å². The van der Waals surface area contributed by atoms with Gasteiger partial charge in [0, 0.05) is 31.1 Å². The molecular formula is C21H19ClN4O3S. The monoisotopic (exact) mass is 442 g/mol. The molecule has 1 aliphatic heterocycles. The Balaban J connectivity index is 1.53. The number of carbonyl (C=O) groups is 1. The number of rotatable bonds is 4. The van der Waals surface area contributed by atoms with Gasteiger partial charge in [-0.05, 0) is 42.1 Å². The molecule has 2 aromatic carbocycles. The second-order valence-electron chi connectivity index (χ2n) is 7.01. The average Bonchev–Trinajstić information content (AvgIpc) is 3.12. The molecule has 154 valence electrons. The quantitative estimate of drug-likeness (QED) is 0.617. The number of amides is 1. The van der Waals surface area contributed by atoms with Crippen LogP contribution in [0.15, 0.2) is 63.9 Å². The number of hydrogen-bond acceptors (Lipinski definition) is 4. The molecule has 1 N–H and O–H groups in total. The first-order chi connectivity index (χ1) is 14.3. The van der Waals surface area contributed by atoms with Gasteiger partial charge in [-0.1, -0.05) is 35.9 Å². The van der Waals surface area contributed by atoms with Crippen LogP contribution in [0.2, 0.25) is 5.15 Å². The van der Waals surface area contributed by atoms with Crippen molar-refractivity contribution < 1.29 is 13.2 Å². The molecule has 9 heteroatoms. The molecule has 30 heavy (non-hydrogen) atoms. The molecule has 0 atom stereocenters. The number of pyridine rings is 1. The van der Waals surface area contributed by atoms with E-state index in [0.29, 0.717) is 17.9 Å². The summed E-state index contributed by atoms with van der Waals surface area (Å²) in [6, 6.07) is 14.9. The molecular weight excluding hydrogens is 424 g/mol. The van der Waals surface area contributed by atoms with E-state index in [1.807, 2.05) is 36.2 Å². The Bertz CT molecular complexity index is 1260. The lowest BCUT2D eigenvalue weighted by Gasteiger charge is -2.11. The summed E-state index contributed by atoms with van der Waals surface area (Å²) < 4.78 is 29.0. The maximum atomic E-state index is 12.6. The molecule has 1 amide bonds. The summed E-state index contributed by atoms with van der Waals surface area (Å²) in [4.78, 5) is 18.6. The van der Waals surface area contributed by atoms with Crippen LogP contribution in [-0.2, 0) is 10.0 Å². The summed E-state index contributed by atoms with van der Waals surface area (Å²) in [5, 5.41) is 4.53. The van der Waals surface area contributed by atoms with E-state index >= 15 is 0 Å². The molecule has 0 radical (unpaired) electrons. The minimum absolute atomic E-state index is 0.0696. The lowest BCUT2D eigenvalue weighted by atomic mass is 10.1. The first-order valence-electron chi connectivity index (χ1n) is 9.35. The van der Waals surface area contributed by atoms with Crippen molar-refractivity contribution in [3.05, 3.63) is 65.4 Å². The van der Waals surface area contributed by atoms with Gasteiger partial charge in [0.25, 0.3) is 15.9 Å². The molecule has 4 rings (SSSR count). The Kier molecular flexibility index (Phi) is 5.44. The summed E-state index contributed by atoms with van der Waals surface area (Å²) >= 11 is 6.19. The standard InChI is InChI=1S/C21H19ClN4O3S/c1-26-12-4-7-19(26)25-30(28,29)16-10-8-15(9-11-16)23-21(27)18-13-14-5-2-3-6-17(14)20(22)24-18/h2-3,5-6,8-11,13H,4,7,12H2,1H3,(H,23,27)/b25-19-. The highest BCUT2D eigenvalue weighted by molar-refractivity contribution is 7.90. The van der Waals surface area contributed by atoms with Crippen LogP contribution in [0.1, 0.15) is 23.3 Å². The summed E-state index contributed by atoms with van der Waals surface area (Å²) in [5.41, 5.74) is 0.613. The van der Waals surface area contributed by atoms with E-state index in [1.54, 1.807) is 6.07 Å². The number of nitrogens with one attached hydrogen (secondary N) is 1. The lowest BCUT2D eigenvalue weighted by molar-refractivity contribution is 0.102. The summed E-state index contributed by atoms with van der Waals surface area (Å²) in [7, 11) is -1.97. The highest BCUT2D eigenvalue weighted by Gasteiger charge is 2.20. The van der Waals surface area contributed by atoms with E-state index in [-0.39, 0.29) is 15.7 Å². The fourth-order valence-electron chi connectivity index (χ4n) is 3.28. The fraction of sp³-hybridized carbons (Fsp3) is 0.190. The van der Waals surface area contributed by atoms with Crippen molar-refractivity contribution in [1.29, 1.82) is 0 Å². The number of hydrogen-bond donors (Lipinski definition) is 1. The predicted octanol–water partition coefficient (Wildman–Crippen LogP) is 3.95. The molecule has 0 bridgehead atoms. The molecule has 0 unspecified atom stereocenters. The number of nitrogens with zero attached hydrogens (tertiary/aromatic N) is 3. The number of amidine groups is 1. The van der Waals surface area contributed by atoms with Gasteiger partial charge in [-0.2, -0.15) is 8.42 Å². The van der Waals surface area contributed by atoms with Gasteiger partial charge < -0.3 is 10.2 Å². The Morgan fingerprint density at radius 3 is 2.60 bits per heavy atom. The zero-order valence-electron chi connectivity index (χ0n) is 16.2. The summed E-state index contributed by atoms with van der Waals surface area (Å²) in [6.45, 7) is 0.798. The summed E-state index contributed by atoms with van der Waals surface area (Å²) in [6.07, 6.45) is 1.54. The third-order valence-electron chi connectivity index (χ3n) is 4.90. The molecule has 2 heterocycles. The lowest BCUT2D eigenvalue weighted by Crippen LogP contribution is -2.20. The average molecular weight is 443 g/mol. The molecule has 0 saturated carbocycles. The molecule has 1 fully saturated rings. The zero-order valence-corrected chi connectivity index (χ0v) is 17.7. The number of aromatic nitrogens is 1. The van der Waals surface area contributed by atoms with Gasteiger partial charge in [-0.3, -0.25) is 4.79 Å². The van der Waals surface area contributed by atoms with E-state index in [4.69, 9.17) is 11.6 Å². The largest absolute Gasteiger partial charge is 0.362 e. The highest BCUT2D eigenvalue weighted by Crippen LogP contribution is 2.23. The van der Waals surface area contributed by atoms with Gasteiger partial charge in [0.05, 0.1) is 4.90 Å². The second-order valence-corrected chi connectivity index (χ2v) is 8.97. The first-order valence-corrected chi connectivity index (χ1v) is 11.2. The topological polar surface area (TPSA) is 91.7 Å². The Labute approximate surface area is 179 Å². The molecule has 0 spiro atoms. The van der Waals surface area contributed by atoms with Gasteiger partial charge in [0.15, 0.2) is 0 Å². The minimum atomic E-state index is -3.80. The number of fused-ring (bicyclic) bond motifs is 1. The van der Waals surface area contributed by atoms with Crippen molar-refractivity contribution in [2.75, 3.05) is 18.9 Å². The van der Waals surface area contributed by atoms with Crippen molar-refractivity contribution >= 4 is 49.8 Å². The van der Waals surface area contributed by atoms with Crippen LogP contribution in [0.3, 0.4) is 0 Å². The second kappa shape index (κ2) is 8.04. The number of carbonyl (C=O) groups excluding carboxylic acids is 1. The normalized spacial score (nSPS) is 15.7. The van der Waals surface area contributed by atoms with Gasteiger partial charge in [0.2, 0.25) is 0 Å². The van der Waals surface area contributed by atoms with Crippen LogP contribution in [0.25, 0.3) is 10.8 Å². The van der Waals surface area contributed by atoms with Gasteiger partial charge in [-0.15, -0.1) is 4.40 Å². The molecule has 1 saturated heterocycles. The van der Waals surface area contributed by atoms with E-state index in [2.05, 4.69) is 14.7 Å². The van der Waals surface area contributed by atoms with Crippen molar-refractivity contribution in [2.45, 2.75) is 17.7 Å². The number of anilines is 1. The number of sulfonamides is 1. The SMILES string of the molecule is CN1CCC/C1=N/S(=O)(=O)c1ccc(NC(=O)c2cc3ccccc3c(Cl)n2)cc1. The van der Waals surface area contributed by atoms with Crippen molar-refractivity contribution in [3.63, 3.8) is 0 Å². The van der Waals surface area contributed by atoms with Crippen LogP contribution in [0.4, 0.5) is 5.69 Å². The number of halogens is 1. The smallest absolute Gasteiger partial charge is 0.283 e. The molecule has 1 aliphatic rings. The maximum Gasteiger partial charge on any atom is 0.283 e. The van der Waals surface area contributed by atoms with Crippen LogP contribution in [0.5, 0.6) is 0 Å². The van der Waals surface area contributed by atoms with Crippen molar-refractivity contribution in [2.24, 2.45) is 4.40 Å². The highest BCUT2D eigenvalue weighted by atomic mass is 35.5. The molecule has 1 aromatic heterocycles. The number of benzene rings is 2. The minimum Gasteiger partial charge on any atom is -0.362 e. The third kappa shape index (κ3) is 4.15. The summed E-state index contributed by atoms with van der Waals surface area (Å²) in [5.74, 6) is 0.123. The van der Waals surface area contributed by atoms with Crippen LogP contribution in [0, 0.1) is 0 Å². The van der Waals surface area contributed by atoms with Crippen molar-refractivity contribution in [1.82, 2.24) is 9.88 Å². The first kappa shape index (κ1) is 20.3. The Morgan fingerprint density at radius 1 is 1.17 bits per heavy atom. The zero-order chi connectivity index (χ0) is 21.3. The van der Waals surface area contributed by atoms with Gasteiger partial charge in [-0.25, -0.2) is 4.98 Å². The Hall–Kier alpha value is -2.97. The molecule has 7 nitrogen and oxygen atoms in total. The third-order valence-corrected chi connectivity index (χ3v) is 6.50. The fourth-order valence-corrected chi connectivity index (χ4v) is 4.64. The molecule has 0 aliphatic carbocycles. The maximum absolute atomic E-state index is 12.6. The van der Waals surface area contributed by atoms with E-state index in [9.17, 15) is 13.2 Å². The van der Waals surface area contributed by atoms with E-state index in [1.165, 1.54) is 24.3 Å². The van der Waals surface area contributed by atoms with Gasteiger partial charge >= 0.3 is 0 Å². The Morgan fingerprint density at radius 2 is 1.90 bits per heavy atom. The number of likely N-dealkylation sites (tertiary alicyclic amines) is 1. The van der Waals surface area contributed by atoms with Crippen LogP contribution >= 0.6 is 11.6 Å². The predicted molar refractivity (Wildman–Crippen MR) is 118 cm³/mol. The van der Waals surface area contributed by atoms with Crippen molar-refractivity contribution in [3.8, 4) is 0 Å².